The summed E-state index contributed by atoms with van der Waals surface area (Å²) in [5, 5.41) is 15.9. The molecule has 0 saturated carbocycles. The summed E-state index contributed by atoms with van der Waals surface area (Å²) < 4.78 is 0. The molecular weight excluding hydrogens is 246 g/mol. The van der Waals surface area contributed by atoms with Crippen LogP contribution in [0.1, 0.15) is 42.9 Å². The maximum absolute atomic E-state index is 12.4. The van der Waals surface area contributed by atoms with Gasteiger partial charge in [0.1, 0.15) is 5.69 Å². The van der Waals surface area contributed by atoms with E-state index in [1.54, 1.807) is 11.0 Å². The topological polar surface area (TPSA) is 86.3 Å². The molecule has 0 radical (unpaired) electrons. The first kappa shape index (κ1) is 13.6. The van der Waals surface area contributed by atoms with Crippen LogP contribution in [0.3, 0.4) is 0 Å². The largest absolute Gasteiger partial charge is 0.481 e. The van der Waals surface area contributed by atoms with Crippen molar-refractivity contribution in [3.63, 3.8) is 0 Å². The molecule has 0 aliphatic carbocycles. The lowest BCUT2D eigenvalue weighted by Gasteiger charge is -2.36. The number of likely N-dealkylation sites (tertiary alicyclic amines) is 1. The Kier molecular flexibility index (Phi) is 3.87. The number of rotatable bonds is 3. The normalized spacial score (nSPS) is 23.4. The monoisotopic (exact) mass is 265 g/mol. The molecule has 6 nitrogen and oxygen atoms in total. The van der Waals surface area contributed by atoms with Crippen LogP contribution in [0.5, 0.6) is 0 Å². The van der Waals surface area contributed by atoms with Crippen LogP contribution in [0.25, 0.3) is 0 Å². The number of nitrogens with one attached hydrogen (secondary N) is 1. The molecule has 104 valence electrons. The molecule has 0 aromatic carbocycles. The highest BCUT2D eigenvalue weighted by molar-refractivity contribution is 5.93. The Balaban J connectivity index is 2.14. The Morgan fingerprint density at radius 1 is 1.53 bits per heavy atom. The fraction of sp³-hybridized carbons (Fsp3) is 0.615. The smallest absolute Gasteiger partial charge is 0.308 e. The molecule has 6 heteroatoms. The molecule has 0 spiro atoms. The first-order chi connectivity index (χ1) is 9.02. The molecule has 2 unspecified atom stereocenters. The summed E-state index contributed by atoms with van der Waals surface area (Å²) in [6.07, 6.45) is 2.13. The van der Waals surface area contributed by atoms with Crippen LogP contribution in [0, 0.1) is 5.92 Å². The van der Waals surface area contributed by atoms with Crippen LogP contribution in [-0.2, 0) is 11.2 Å². The van der Waals surface area contributed by atoms with E-state index in [0.29, 0.717) is 18.5 Å². The third-order valence-corrected chi connectivity index (χ3v) is 3.72. The fourth-order valence-electron chi connectivity index (χ4n) is 2.39. The zero-order valence-electron chi connectivity index (χ0n) is 11.2. The SMILES string of the molecule is CCc1cc(C(=O)N2CC(C(=O)O)CCC2C)n[nH]1. The molecule has 2 rings (SSSR count). The number of aromatic nitrogens is 2. The maximum atomic E-state index is 12.4. The predicted octanol–water partition coefficient (Wildman–Crippen LogP) is 1.30. The molecule has 2 N–H and O–H groups in total. The van der Waals surface area contributed by atoms with Gasteiger partial charge in [0, 0.05) is 18.3 Å². The first-order valence-electron chi connectivity index (χ1n) is 6.61. The number of aliphatic carboxylic acids is 1. The summed E-state index contributed by atoms with van der Waals surface area (Å²) >= 11 is 0. The number of carbonyl (C=O) groups excluding carboxylic acids is 1. The second-order valence-corrected chi connectivity index (χ2v) is 5.05. The van der Waals surface area contributed by atoms with Crippen molar-refractivity contribution in [2.45, 2.75) is 39.2 Å². The molecule has 1 fully saturated rings. The quantitative estimate of drug-likeness (QED) is 0.862. The van der Waals surface area contributed by atoms with Gasteiger partial charge in [-0.3, -0.25) is 14.7 Å². The van der Waals surface area contributed by atoms with E-state index >= 15 is 0 Å². The molecule has 1 aliphatic rings. The molecule has 1 amide bonds. The number of carboxylic acids is 1. The Morgan fingerprint density at radius 2 is 2.26 bits per heavy atom. The minimum atomic E-state index is -0.832. The van der Waals surface area contributed by atoms with E-state index in [2.05, 4.69) is 10.2 Å². The standard InChI is InChI=1S/C13H19N3O3/c1-3-10-6-11(15-14-10)12(17)16-7-9(13(18)19)5-4-8(16)2/h6,8-9H,3-5,7H2,1-2H3,(H,14,15)(H,18,19). The first-order valence-corrected chi connectivity index (χ1v) is 6.61. The lowest BCUT2D eigenvalue weighted by Crippen LogP contribution is -2.47. The van der Waals surface area contributed by atoms with Crippen molar-refractivity contribution in [1.82, 2.24) is 15.1 Å². The van der Waals surface area contributed by atoms with Crippen LogP contribution in [0.4, 0.5) is 0 Å². The van der Waals surface area contributed by atoms with Crippen molar-refractivity contribution in [2.75, 3.05) is 6.54 Å². The van der Waals surface area contributed by atoms with Gasteiger partial charge in [-0.25, -0.2) is 0 Å². The maximum Gasteiger partial charge on any atom is 0.308 e. The second kappa shape index (κ2) is 5.42. The number of amides is 1. The Morgan fingerprint density at radius 3 is 2.84 bits per heavy atom. The molecule has 2 atom stereocenters. The van der Waals surface area contributed by atoms with Crippen LogP contribution < -0.4 is 0 Å². The van der Waals surface area contributed by atoms with Crippen LogP contribution in [0.15, 0.2) is 6.07 Å². The highest BCUT2D eigenvalue weighted by Crippen LogP contribution is 2.23. The van der Waals surface area contributed by atoms with Crippen molar-refractivity contribution in [2.24, 2.45) is 5.92 Å². The van der Waals surface area contributed by atoms with E-state index in [1.807, 2.05) is 13.8 Å². The van der Waals surface area contributed by atoms with Gasteiger partial charge >= 0.3 is 5.97 Å². The number of carboxylic acid groups (broad SMARTS) is 1. The van der Waals surface area contributed by atoms with Gasteiger partial charge in [-0.15, -0.1) is 0 Å². The van der Waals surface area contributed by atoms with Gasteiger partial charge in [0.25, 0.3) is 5.91 Å². The lowest BCUT2D eigenvalue weighted by molar-refractivity contribution is -0.143. The minimum Gasteiger partial charge on any atom is -0.481 e. The van der Waals surface area contributed by atoms with E-state index in [4.69, 9.17) is 5.11 Å². The second-order valence-electron chi connectivity index (χ2n) is 5.05. The zero-order chi connectivity index (χ0) is 14.0. The molecule has 1 aromatic heterocycles. The molecular formula is C13H19N3O3. The van der Waals surface area contributed by atoms with E-state index in [1.165, 1.54) is 0 Å². The van der Waals surface area contributed by atoms with Crippen molar-refractivity contribution < 1.29 is 14.7 Å². The Labute approximate surface area is 111 Å². The zero-order valence-corrected chi connectivity index (χ0v) is 11.2. The number of piperidine rings is 1. The van der Waals surface area contributed by atoms with Crippen LogP contribution in [-0.4, -0.2) is 44.7 Å². The van der Waals surface area contributed by atoms with E-state index < -0.39 is 11.9 Å². The number of hydrogen-bond acceptors (Lipinski definition) is 3. The number of hydrogen-bond donors (Lipinski definition) is 2. The fourth-order valence-corrected chi connectivity index (χ4v) is 2.39. The van der Waals surface area contributed by atoms with Crippen LogP contribution in [0.2, 0.25) is 0 Å². The Hall–Kier alpha value is -1.85. The van der Waals surface area contributed by atoms with Gasteiger partial charge in [-0.1, -0.05) is 6.92 Å². The van der Waals surface area contributed by atoms with Crippen molar-refractivity contribution in [3.8, 4) is 0 Å². The highest BCUT2D eigenvalue weighted by Gasteiger charge is 2.33. The predicted molar refractivity (Wildman–Crippen MR) is 68.8 cm³/mol. The van der Waals surface area contributed by atoms with Crippen molar-refractivity contribution in [1.29, 1.82) is 0 Å². The molecule has 19 heavy (non-hydrogen) atoms. The molecule has 0 bridgehead atoms. The summed E-state index contributed by atoms with van der Waals surface area (Å²) in [4.78, 5) is 25.0. The lowest BCUT2D eigenvalue weighted by atomic mass is 9.93. The third kappa shape index (κ3) is 2.77. The van der Waals surface area contributed by atoms with Gasteiger partial charge in [0.15, 0.2) is 0 Å². The van der Waals surface area contributed by atoms with Crippen molar-refractivity contribution in [3.05, 3.63) is 17.5 Å². The third-order valence-electron chi connectivity index (χ3n) is 3.72. The van der Waals surface area contributed by atoms with Crippen molar-refractivity contribution >= 4 is 11.9 Å². The summed E-state index contributed by atoms with van der Waals surface area (Å²) in [6.45, 7) is 4.19. The van der Waals surface area contributed by atoms with Gasteiger partial charge in [-0.05, 0) is 32.3 Å². The number of H-pyrrole nitrogens is 1. The summed E-state index contributed by atoms with van der Waals surface area (Å²) in [6, 6.07) is 1.80. The highest BCUT2D eigenvalue weighted by atomic mass is 16.4. The molecule has 1 aromatic rings. The van der Waals surface area contributed by atoms with Gasteiger partial charge in [0.05, 0.1) is 5.92 Å². The molecule has 1 saturated heterocycles. The van der Waals surface area contributed by atoms with E-state index in [9.17, 15) is 9.59 Å². The molecule has 2 heterocycles. The number of aryl methyl sites for hydroxylation is 1. The average Bonchev–Trinajstić information content (AvgIpc) is 2.87. The number of carbonyl (C=O) groups is 2. The van der Waals surface area contributed by atoms with E-state index in [0.717, 1.165) is 12.1 Å². The van der Waals surface area contributed by atoms with Crippen LogP contribution >= 0.6 is 0 Å². The number of aromatic amines is 1. The molecule has 1 aliphatic heterocycles. The average molecular weight is 265 g/mol. The van der Waals surface area contributed by atoms with Gasteiger partial charge < -0.3 is 10.0 Å². The minimum absolute atomic E-state index is 0.0601. The summed E-state index contributed by atoms with van der Waals surface area (Å²) in [5.74, 6) is -1.49. The summed E-state index contributed by atoms with van der Waals surface area (Å²) in [5.41, 5.74) is 1.28. The van der Waals surface area contributed by atoms with Gasteiger partial charge in [-0.2, -0.15) is 5.10 Å². The Bertz CT molecular complexity index is 483. The van der Waals surface area contributed by atoms with E-state index in [-0.39, 0.29) is 18.5 Å². The van der Waals surface area contributed by atoms with Gasteiger partial charge in [0.2, 0.25) is 0 Å². The summed E-state index contributed by atoms with van der Waals surface area (Å²) in [7, 11) is 0. The number of nitrogens with zero attached hydrogens (tertiary/aromatic N) is 2.